The van der Waals surface area contributed by atoms with Gasteiger partial charge in [-0.2, -0.15) is 0 Å². The first-order valence-electron chi connectivity index (χ1n) is 6.28. The van der Waals surface area contributed by atoms with Crippen LogP contribution in [-0.2, 0) is 9.84 Å². The number of amidine groups is 1. The van der Waals surface area contributed by atoms with Gasteiger partial charge in [-0.05, 0) is 43.5 Å². The second-order valence-electron chi connectivity index (χ2n) is 5.07. The maximum atomic E-state index is 11.4. The van der Waals surface area contributed by atoms with Crippen molar-refractivity contribution in [2.45, 2.75) is 26.4 Å². The van der Waals surface area contributed by atoms with Crippen LogP contribution in [0.4, 0.5) is 0 Å². The van der Waals surface area contributed by atoms with E-state index in [0.29, 0.717) is 17.7 Å². The first-order valence-corrected chi connectivity index (χ1v) is 8.11. The molecule has 1 aliphatic rings. The molecule has 0 saturated carbocycles. The Balaban J connectivity index is 2.25. The van der Waals surface area contributed by atoms with Gasteiger partial charge in [0, 0.05) is 5.56 Å². The van der Waals surface area contributed by atoms with E-state index >= 15 is 0 Å². The zero-order chi connectivity index (χ0) is 14.9. The molecule has 0 radical (unpaired) electrons. The average molecular weight is 298 g/mol. The van der Waals surface area contributed by atoms with Crippen LogP contribution in [0.25, 0.3) is 0 Å². The summed E-state index contributed by atoms with van der Waals surface area (Å²) in [6, 6.07) is 3.50. The van der Waals surface area contributed by atoms with E-state index in [2.05, 4.69) is 5.16 Å². The van der Waals surface area contributed by atoms with E-state index in [1.165, 1.54) is 0 Å². The normalized spacial score (nSPS) is 21.9. The van der Waals surface area contributed by atoms with Crippen molar-refractivity contribution in [3.63, 3.8) is 0 Å². The Morgan fingerprint density at radius 1 is 1.40 bits per heavy atom. The monoisotopic (exact) mass is 298 g/mol. The average Bonchev–Trinajstić information content (AvgIpc) is 2.72. The fourth-order valence-electron chi connectivity index (χ4n) is 2.36. The first-order chi connectivity index (χ1) is 9.32. The Morgan fingerprint density at radius 2 is 2.00 bits per heavy atom. The van der Waals surface area contributed by atoms with Gasteiger partial charge in [-0.15, -0.1) is 0 Å². The minimum Gasteiger partial charge on any atom is -0.489 e. The minimum absolute atomic E-state index is 0.0335. The lowest BCUT2D eigenvalue weighted by Crippen LogP contribution is -2.19. The Kier molecular flexibility index (Phi) is 3.89. The summed E-state index contributed by atoms with van der Waals surface area (Å²) >= 11 is 0. The molecule has 2 rings (SSSR count). The number of oxime groups is 1. The molecule has 0 spiro atoms. The van der Waals surface area contributed by atoms with Crippen molar-refractivity contribution in [1.29, 1.82) is 0 Å². The summed E-state index contributed by atoms with van der Waals surface area (Å²) in [5, 5.41) is 11.7. The maximum absolute atomic E-state index is 11.4. The van der Waals surface area contributed by atoms with E-state index in [0.717, 1.165) is 11.1 Å². The van der Waals surface area contributed by atoms with Crippen LogP contribution < -0.4 is 10.5 Å². The van der Waals surface area contributed by atoms with Gasteiger partial charge in [0.15, 0.2) is 15.7 Å². The molecule has 1 heterocycles. The van der Waals surface area contributed by atoms with Crippen LogP contribution in [0.2, 0.25) is 0 Å². The SMILES string of the molecule is Cc1cc(C(N)=NO)cc(C)c1OC1CCS(=O)(=O)C1. The summed E-state index contributed by atoms with van der Waals surface area (Å²) in [4.78, 5) is 0. The fraction of sp³-hybridized carbons (Fsp3) is 0.462. The predicted octanol–water partition coefficient (Wildman–Crippen LogP) is 0.964. The first kappa shape index (κ1) is 14.6. The molecular formula is C13H18N2O4S. The van der Waals surface area contributed by atoms with E-state index in [1.807, 2.05) is 13.8 Å². The Labute approximate surface area is 118 Å². The van der Waals surface area contributed by atoms with Gasteiger partial charge in [0.1, 0.15) is 11.9 Å². The molecule has 20 heavy (non-hydrogen) atoms. The smallest absolute Gasteiger partial charge is 0.170 e. The number of rotatable bonds is 3. The minimum atomic E-state index is -2.96. The molecule has 1 saturated heterocycles. The summed E-state index contributed by atoms with van der Waals surface area (Å²) in [5.41, 5.74) is 7.83. The summed E-state index contributed by atoms with van der Waals surface area (Å²) in [6.45, 7) is 3.69. The van der Waals surface area contributed by atoms with Crippen molar-refractivity contribution < 1.29 is 18.4 Å². The molecular weight excluding hydrogens is 280 g/mol. The van der Waals surface area contributed by atoms with Gasteiger partial charge in [-0.3, -0.25) is 0 Å². The number of aryl methyl sites for hydroxylation is 2. The van der Waals surface area contributed by atoms with Crippen LogP contribution in [0.3, 0.4) is 0 Å². The molecule has 6 nitrogen and oxygen atoms in total. The summed E-state index contributed by atoms with van der Waals surface area (Å²) in [5.74, 6) is 0.944. The molecule has 1 aliphatic heterocycles. The van der Waals surface area contributed by atoms with Crippen LogP contribution in [0.5, 0.6) is 5.75 Å². The highest BCUT2D eigenvalue weighted by atomic mass is 32.2. The molecule has 1 atom stereocenters. The summed E-state index contributed by atoms with van der Waals surface area (Å²) < 4.78 is 28.7. The molecule has 0 bridgehead atoms. The van der Waals surface area contributed by atoms with Gasteiger partial charge < -0.3 is 15.7 Å². The zero-order valence-corrected chi connectivity index (χ0v) is 12.3. The predicted molar refractivity (Wildman–Crippen MR) is 76.1 cm³/mol. The molecule has 3 N–H and O–H groups in total. The van der Waals surface area contributed by atoms with Gasteiger partial charge >= 0.3 is 0 Å². The maximum Gasteiger partial charge on any atom is 0.170 e. The van der Waals surface area contributed by atoms with Crippen LogP contribution in [-0.4, -0.2) is 37.1 Å². The van der Waals surface area contributed by atoms with Gasteiger partial charge in [0.05, 0.1) is 11.5 Å². The van der Waals surface area contributed by atoms with E-state index in [-0.39, 0.29) is 23.4 Å². The summed E-state index contributed by atoms with van der Waals surface area (Å²) in [7, 11) is -2.96. The highest BCUT2D eigenvalue weighted by molar-refractivity contribution is 7.91. The zero-order valence-electron chi connectivity index (χ0n) is 11.5. The number of hydrogen-bond acceptors (Lipinski definition) is 5. The van der Waals surface area contributed by atoms with Gasteiger partial charge in [0.2, 0.25) is 0 Å². The van der Waals surface area contributed by atoms with Gasteiger partial charge in [-0.25, -0.2) is 8.42 Å². The second kappa shape index (κ2) is 5.32. The number of sulfone groups is 1. The molecule has 1 fully saturated rings. The lowest BCUT2D eigenvalue weighted by atomic mass is 10.0. The second-order valence-corrected chi connectivity index (χ2v) is 7.30. The lowest BCUT2D eigenvalue weighted by molar-refractivity contribution is 0.226. The lowest BCUT2D eigenvalue weighted by Gasteiger charge is -2.17. The standard InChI is InChI=1S/C13H18N2O4S/c1-8-5-10(13(14)15-16)6-9(2)12(8)19-11-3-4-20(17,18)7-11/h5-6,11,16H,3-4,7H2,1-2H3,(H2,14,15). The number of hydrogen-bond donors (Lipinski definition) is 2. The topological polar surface area (TPSA) is 102 Å². The van der Waals surface area contributed by atoms with Crippen molar-refractivity contribution in [1.82, 2.24) is 0 Å². The fourth-order valence-corrected chi connectivity index (χ4v) is 3.95. The van der Waals surface area contributed by atoms with E-state index in [9.17, 15) is 8.42 Å². The highest BCUT2D eigenvalue weighted by Crippen LogP contribution is 2.28. The molecule has 110 valence electrons. The molecule has 1 aromatic rings. The van der Waals surface area contributed by atoms with Crippen LogP contribution in [0.15, 0.2) is 17.3 Å². The Hall–Kier alpha value is -1.76. The van der Waals surface area contributed by atoms with Gasteiger partial charge in [0.25, 0.3) is 0 Å². The van der Waals surface area contributed by atoms with Gasteiger partial charge in [-0.1, -0.05) is 5.16 Å². The highest BCUT2D eigenvalue weighted by Gasteiger charge is 2.30. The number of benzene rings is 1. The van der Waals surface area contributed by atoms with E-state index in [1.54, 1.807) is 12.1 Å². The number of nitrogens with two attached hydrogens (primary N) is 1. The molecule has 0 amide bonds. The third-order valence-electron chi connectivity index (χ3n) is 3.34. The van der Waals surface area contributed by atoms with Crippen LogP contribution >= 0.6 is 0 Å². The largest absolute Gasteiger partial charge is 0.489 e. The van der Waals surface area contributed by atoms with Crippen LogP contribution in [0.1, 0.15) is 23.1 Å². The van der Waals surface area contributed by atoms with Crippen molar-refractivity contribution in [3.05, 3.63) is 28.8 Å². The quantitative estimate of drug-likeness (QED) is 0.374. The third-order valence-corrected chi connectivity index (χ3v) is 5.08. The Morgan fingerprint density at radius 3 is 2.45 bits per heavy atom. The molecule has 0 aliphatic carbocycles. The van der Waals surface area contributed by atoms with E-state index in [4.69, 9.17) is 15.7 Å². The van der Waals surface area contributed by atoms with Crippen molar-refractivity contribution in [2.75, 3.05) is 11.5 Å². The third kappa shape index (κ3) is 3.04. The molecule has 1 unspecified atom stereocenters. The summed E-state index contributed by atoms with van der Waals surface area (Å²) in [6.07, 6.45) is 0.218. The number of nitrogens with zero attached hydrogens (tertiary/aromatic N) is 1. The molecule has 7 heteroatoms. The molecule has 1 aromatic carbocycles. The van der Waals surface area contributed by atoms with Crippen molar-refractivity contribution in [2.24, 2.45) is 10.9 Å². The number of ether oxygens (including phenoxy) is 1. The van der Waals surface area contributed by atoms with Crippen LogP contribution in [0, 0.1) is 13.8 Å². The Bertz CT molecular complexity index is 629. The van der Waals surface area contributed by atoms with Crippen molar-refractivity contribution >= 4 is 15.7 Å². The van der Waals surface area contributed by atoms with Crippen molar-refractivity contribution in [3.8, 4) is 5.75 Å². The molecule has 0 aromatic heterocycles. The van der Waals surface area contributed by atoms with E-state index < -0.39 is 9.84 Å².